The van der Waals surface area contributed by atoms with Gasteiger partial charge in [-0.3, -0.25) is 0 Å². The number of H-pyrrole nitrogens is 1. The number of aliphatic hydroxyl groups is 1. The Labute approximate surface area is 113 Å². The summed E-state index contributed by atoms with van der Waals surface area (Å²) < 4.78 is 0. The van der Waals surface area contributed by atoms with Crippen LogP contribution in [-0.2, 0) is 0 Å². The summed E-state index contributed by atoms with van der Waals surface area (Å²) in [4.78, 5) is 10.3. The van der Waals surface area contributed by atoms with Crippen LogP contribution in [0.4, 0.5) is 5.95 Å². The number of benzene rings is 1. The normalized spacial score (nSPS) is 24.0. The van der Waals surface area contributed by atoms with Crippen molar-refractivity contribution in [2.45, 2.75) is 26.2 Å². The monoisotopic (exact) mass is 259 g/mol. The van der Waals surface area contributed by atoms with Crippen LogP contribution in [0.2, 0.25) is 0 Å². The highest BCUT2D eigenvalue weighted by atomic mass is 16.3. The molecule has 1 aromatic heterocycles. The number of aromatic amines is 1. The lowest BCUT2D eigenvalue weighted by Crippen LogP contribution is -2.45. The zero-order valence-corrected chi connectivity index (χ0v) is 11.4. The lowest BCUT2D eigenvalue weighted by Gasteiger charge is -2.41. The highest BCUT2D eigenvalue weighted by molar-refractivity contribution is 5.77. The Kier molecular flexibility index (Phi) is 3.19. The van der Waals surface area contributed by atoms with Crippen LogP contribution in [0.1, 0.15) is 26.2 Å². The molecule has 1 atom stereocenters. The highest BCUT2D eigenvalue weighted by Gasteiger charge is 2.34. The van der Waals surface area contributed by atoms with Gasteiger partial charge in [0.25, 0.3) is 0 Å². The summed E-state index contributed by atoms with van der Waals surface area (Å²) in [6.07, 6.45) is 3.24. The number of piperidine rings is 1. The summed E-state index contributed by atoms with van der Waals surface area (Å²) in [6, 6.07) is 8.10. The van der Waals surface area contributed by atoms with Crippen LogP contribution in [-0.4, -0.2) is 34.8 Å². The van der Waals surface area contributed by atoms with Crippen LogP contribution in [0.5, 0.6) is 0 Å². The average molecular weight is 259 g/mol. The van der Waals surface area contributed by atoms with Crippen LogP contribution >= 0.6 is 0 Å². The van der Waals surface area contributed by atoms with Crippen molar-refractivity contribution in [1.82, 2.24) is 9.97 Å². The Hall–Kier alpha value is -1.55. The van der Waals surface area contributed by atoms with E-state index >= 15 is 0 Å². The largest absolute Gasteiger partial charge is 0.396 e. The van der Waals surface area contributed by atoms with Crippen molar-refractivity contribution in [2.75, 3.05) is 24.6 Å². The minimum absolute atomic E-state index is 0.0389. The minimum Gasteiger partial charge on any atom is -0.396 e. The average Bonchev–Trinajstić information content (AvgIpc) is 2.91. The van der Waals surface area contributed by atoms with E-state index in [9.17, 15) is 5.11 Å². The molecular formula is C15H21N3O. The molecular weight excluding hydrogens is 238 g/mol. The summed E-state index contributed by atoms with van der Waals surface area (Å²) in [5.74, 6) is 0.937. The number of aromatic nitrogens is 2. The molecule has 0 unspecified atom stereocenters. The van der Waals surface area contributed by atoms with Crippen LogP contribution < -0.4 is 4.90 Å². The fraction of sp³-hybridized carbons (Fsp3) is 0.533. The maximum absolute atomic E-state index is 9.69. The van der Waals surface area contributed by atoms with E-state index < -0.39 is 0 Å². The maximum atomic E-state index is 9.69. The Morgan fingerprint density at radius 1 is 1.42 bits per heavy atom. The van der Waals surface area contributed by atoms with Crippen LogP contribution in [0.25, 0.3) is 11.0 Å². The zero-order valence-electron chi connectivity index (χ0n) is 11.4. The van der Waals surface area contributed by atoms with Crippen LogP contribution in [0.15, 0.2) is 24.3 Å². The molecule has 102 valence electrons. The Morgan fingerprint density at radius 2 is 2.26 bits per heavy atom. The second kappa shape index (κ2) is 4.85. The standard InChI is InChI=1S/C15H21N3O/c1-2-15(11-19)8-5-9-18(10-15)14-16-12-6-3-4-7-13(12)17-14/h3-4,6-7,19H,2,5,8-11H2,1H3,(H,16,17)/t15-/m0/s1. The van der Waals surface area contributed by atoms with Gasteiger partial charge in [-0.05, 0) is 31.4 Å². The van der Waals surface area contributed by atoms with E-state index in [1.807, 2.05) is 18.2 Å². The van der Waals surface area contributed by atoms with E-state index in [1.54, 1.807) is 0 Å². The predicted octanol–water partition coefficient (Wildman–Crippen LogP) is 2.55. The number of hydrogen-bond donors (Lipinski definition) is 2. The number of nitrogens with one attached hydrogen (secondary N) is 1. The lowest BCUT2D eigenvalue weighted by molar-refractivity contribution is 0.101. The third-order valence-corrected chi connectivity index (χ3v) is 4.42. The van der Waals surface area contributed by atoms with Crippen molar-refractivity contribution in [3.05, 3.63) is 24.3 Å². The first-order chi connectivity index (χ1) is 9.26. The fourth-order valence-electron chi connectivity index (χ4n) is 3.01. The smallest absolute Gasteiger partial charge is 0.203 e. The Morgan fingerprint density at radius 3 is 3.00 bits per heavy atom. The van der Waals surface area contributed by atoms with E-state index in [2.05, 4.69) is 27.9 Å². The molecule has 0 amide bonds. The van der Waals surface area contributed by atoms with Crippen molar-refractivity contribution < 1.29 is 5.11 Å². The second-order valence-electron chi connectivity index (χ2n) is 5.61. The molecule has 1 aromatic carbocycles. The van der Waals surface area contributed by atoms with E-state index in [-0.39, 0.29) is 12.0 Å². The van der Waals surface area contributed by atoms with Gasteiger partial charge in [0.05, 0.1) is 17.6 Å². The molecule has 1 fully saturated rings. The van der Waals surface area contributed by atoms with Gasteiger partial charge in [-0.25, -0.2) is 4.98 Å². The van der Waals surface area contributed by atoms with E-state index in [0.717, 1.165) is 49.3 Å². The molecule has 0 bridgehead atoms. The summed E-state index contributed by atoms with van der Waals surface area (Å²) in [5, 5.41) is 9.69. The van der Waals surface area contributed by atoms with Gasteiger partial charge in [0, 0.05) is 18.5 Å². The van der Waals surface area contributed by atoms with E-state index in [4.69, 9.17) is 0 Å². The molecule has 0 aliphatic carbocycles. The third-order valence-electron chi connectivity index (χ3n) is 4.42. The van der Waals surface area contributed by atoms with E-state index in [0.29, 0.717) is 0 Å². The second-order valence-corrected chi connectivity index (χ2v) is 5.61. The molecule has 4 nitrogen and oxygen atoms in total. The quantitative estimate of drug-likeness (QED) is 0.890. The molecule has 1 aliphatic heterocycles. The van der Waals surface area contributed by atoms with Gasteiger partial charge < -0.3 is 15.0 Å². The molecule has 0 radical (unpaired) electrons. The molecule has 2 heterocycles. The van der Waals surface area contributed by atoms with Gasteiger partial charge >= 0.3 is 0 Å². The number of hydrogen-bond acceptors (Lipinski definition) is 3. The number of nitrogens with zero attached hydrogens (tertiary/aromatic N) is 2. The van der Waals surface area contributed by atoms with Gasteiger partial charge in [0.2, 0.25) is 5.95 Å². The van der Waals surface area contributed by atoms with Crippen molar-refractivity contribution in [3.8, 4) is 0 Å². The highest BCUT2D eigenvalue weighted by Crippen LogP contribution is 2.34. The zero-order chi connectivity index (χ0) is 13.3. The van der Waals surface area contributed by atoms with Crippen molar-refractivity contribution >= 4 is 17.0 Å². The van der Waals surface area contributed by atoms with E-state index in [1.165, 1.54) is 0 Å². The molecule has 2 aromatic rings. The summed E-state index contributed by atoms with van der Waals surface area (Å²) >= 11 is 0. The van der Waals surface area contributed by atoms with Crippen molar-refractivity contribution in [1.29, 1.82) is 0 Å². The summed E-state index contributed by atoms with van der Waals surface area (Å²) in [6.45, 7) is 4.33. The predicted molar refractivity (Wildman–Crippen MR) is 77.4 cm³/mol. The molecule has 0 spiro atoms. The fourth-order valence-corrected chi connectivity index (χ4v) is 3.01. The third kappa shape index (κ3) is 2.21. The number of aliphatic hydroxyl groups excluding tert-OH is 1. The lowest BCUT2D eigenvalue weighted by atomic mass is 9.78. The van der Waals surface area contributed by atoms with Crippen molar-refractivity contribution in [2.24, 2.45) is 5.41 Å². The van der Waals surface area contributed by atoms with Gasteiger partial charge in [-0.2, -0.15) is 0 Å². The molecule has 1 saturated heterocycles. The molecule has 4 heteroatoms. The first-order valence-corrected chi connectivity index (χ1v) is 7.07. The minimum atomic E-state index is 0.0389. The van der Waals surface area contributed by atoms with Gasteiger partial charge in [-0.15, -0.1) is 0 Å². The van der Waals surface area contributed by atoms with Gasteiger partial charge in [0.1, 0.15) is 0 Å². The first-order valence-electron chi connectivity index (χ1n) is 7.07. The Balaban J connectivity index is 1.89. The molecule has 3 rings (SSSR count). The van der Waals surface area contributed by atoms with Gasteiger partial charge in [0.15, 0.2) is 0 Å². The van der Waals surface area contributed by atoms with Crippen LogP contribution in [0, 0.1) is 5.41 Å². The summed E-state index contributed by atoms with van der Waals surface area (Å²) in [5.41, 5.74) is 2.13. The molecule has 19 heavy (non-hydrogen) atoms. The first kappa shape index (κ1) is 12.5. The topological polar surface area (TPSA) is 52.1 Å². The summed E-state index contributed by atoms with van der Waals surface area (Å²) in [7, 11) is 0. The van der Waals surface area contributed by atoms with Crippen LogP contribution in [0.3, 0.4) is 0 Å². The maximum Gasteiger partial charge on any atom is 0.203 e. The Bertz CT molecular complexity index is 526. The molecule has 2 N–H and O–H groups in total. The number of para-hydroxylation sites is 2. The number of rotatable bonds is 3. The SMILES string of the molecule is CC[C@]1(CO)CCCN(c2nc3ccccc3[nH]2)C1. The molecule has 0 saturated carbocycles. The van der Waals surface area contributed by atoms with Gasteiger partial charge in [-0.1, -0.05) is 19.1 Å². The molecule has 1 aliphatic rings. The van der Waals surface area contributed by atoms with Crippen molar-refractivity contribution in [3.63, 3.8) is 0 Å². The number of fused-ring (bicyclic) bond motifs is 1. The number of imidazole rings is 1. The number of anilines is 1.